The molecule has 5 rings (SSSR count). The fourth-order valence-electron chi connectivity index (χ4n) is 5.53. The van der Waals surface area contributed by atoms with Gasteiger partial charge in [0.15, 0.2) is 12.4 Å². The van der Waals surface area contributed by atoms with Crippen LogP contribution in [0.25, 0.3) is 0 Å². The second-order valence-corrected chi connectivity index (χ2v) is 7.95. The zero-order valence-corrected chi connectivity index (χ0v) is 13.8. The van der Waals surface area contributed by atoms with Gasteiger partial charge in [-0.25, -0.2) is 0 Å². The molecule has 1 aromatic rings. The normalized spacial score (nSPS) is 33.4. The number of ether oxygens (including phenoxy) is 1. The highest BCUT2D eigenvalue weighted by Gasteiger charge is 2.54. The molecule has 4 aliphatic rings. The van der Waals surface area contributed by atoms with E-state index in [1.165, 1.54) is 29.9 Å². The third kappa shape index (κ3) is 2.80. The monoisotopic (exact) mass is 329 g/mol. The van der Waals surface area contributed by atoms with Gasteiger partial charge < -0.3 is 9.30 Å². The highest BCUT2D eigenvalue weighted by Crippen LogP contribution is 2.60. The highest BCUT2D eigenvalue weighted by atomic mass is 16.5. The van der Waals surface area contributed by atoms with Gasteiger partial charge in [-0.2, -0.15) is 0 Å². The highest BCUT2D eigenvalue weighted by molar-refractivity contribution is 5.88. The van der Waals surface area contributed by atoms with Crippen molar-refractivity contribution < 1.29 is 14.3 Å². The average Bonchev–Trinajstić information content (AvgIpc) is 2.53. The second kappa shape index (κ2) is 5.87. The standard InChI is InChI=1S/C19H23NO4/c21-16(12-24-18(23)11-20-4-2-1-3-17(20)22)19-8-13-5-14(9-19)7-15(6-13)10-19/h1-4,13-15H,5-12H2. The molecule has 0 aliphatic heterocycles. The Morgan fingerprint density at radius 1 is 1.08 bits per heavy atom. The van der Waals surface area contributed by atoms with Crippen molar-refractivity contribution in [2.24, 2.45) is 23.2 Å². The molecule has 4 fully saturated rings. The molecule has 4 bridgehead atoms. The van der Waals surface area contributed by atoms with Crippen LogP contribution >= 0.6 is 0 Å². The van der Waals surface area contributed by atoms with E-state index in [4.69, 9.17) is 4.74 Å². The van der Waals surface area contributed by atoms with Crippen LogP contribution in [-0.4, -0.2) is 22.9 Å². The Labute approximate surface area is 141 Å². The summed E-state index contributed by atoms with van der Waals surface area (Å²) in [4.78, 5) is 36.3. The largest absolute Gasteiger partial charge is 0.456 e. The Balaban J connectivity index is 1.36. The summed E-state index contributed by atoms with van der Waals surface area (Å²) < 4.78 is 6.49. The molecule has 5 heteroatoms. The van der Waals surface area contributed by atoms with Crippen LogP contribution in [-0.2, 0) is 20.9 Å². The molecule has 4 saturated carbocycles. The summed E-state index contributed by atoms with van der Waals surface area (Å²) in [5.74, 6) is 1.65. The van der Waals surface area contributed by atoms with Crippen molar-refractivity contribution in [2.45, 2.75) is 45.1 Å². The summed E-state index contributed by atoms with van der Waals surface area (Å²) in [6, 6.07) is 4.71. The number of nitrogens with zero attached hydrogens (tertiary/aromatic N) is 1. The Morgan fingerprint density at radius 3 is 2.29 bits per heavy atom. The first kappa shape index (κ1) is 15.6. The lowest BCUT2D eigenvalue weighted by Gasteiger charge is -2.55. The van der Waals surface area contributed by atoms with Crippen LogP contribution < -0.4 is 5.56 Å². The Kier molecular flexibility index (Phi) is 3.82. The van der Waals surface area contributed by atoms with Crippen molar-refractivity contribution in [3.8, 4) is 0 Å². The van der Waals surface area contributed by atoms with E-state index in [0.29, 0.717) is 17.8 Å². The number of rotatable bonds is 5. The predicted octanol–water partition coefficient (Wildman–Crippen LogP) is 2.18. The van der Waals surface area contributed by atoms with E-state index in [1.54, 1.807) is 18.3 Å². The number of pyridine rings is 1. The zero-order valence-electron chi connectivity index (χ0n) is 13.8. The van der Waals surface area contributed by atoms with Crippen LogP contribution in [0.5, 0.6) is 0 Å². The Hall–Kier alpha value is -1.91. The van der Waals surface area contributed by atoms with Crippen LogP contribution in [0.2, 0.25) is 0 Å². The first-order valence-corrected chi connectivity index (χ1v) is 8.88. The fraction of sp³-hybridized carbons (Fsp3) is 0.632. The van der Waals surface area contributed by atoms with Crippen molar-refractivity contribution in [1.29, 1.82) is 0 Å². The maximum absolute atomic E-state index is 12.8. The predicted molar refractivity (Wildman–Crippen MR) is 87.3 cm³/mol. The van der Waals surface area contributed by atoms with E-state index in [-0.39, 0.29) is 29.9 Å². The fourth-order valence-corrected chi connectivity index (χ4v) is 5.53. The molecular formula is C19H23NO4. The lowest BCUT2D eigenvalue weighted by Crippen LogP contribution is -2.51. The molecule has 1 aromatic heterocycles. The van der Waals surface area contributed by atoms with Gasteiger partial charge in [-0.1, -0.05) is 6.07 Å². The van der Waals surface area contributed by atoms with E-state index in [2.05, 4.69) is 0 Å². The smallest absolute Gasteiger partial charge is 0.326 e. The molecule has 0 saturated heterocycles. The molecule has 0 N–H and O–H groups in total. The van der Waals surface area contributed by atoms with Gasteiger partial charge in [0.25, 0.3) is 5.56 Å². The van der Waals surface area contributed by atoms with Gasteiger partial charge in [0.2, 0.25) is 0 Å². The van der Waals surface area contributed by atoms with E-state index < -0.39 is 5.97 Å². The molecule has 1 heterocycles. The number of hydrogen-bond donors (Lipinski definition) is 0. The zero-order chi connectivity index (χ0) is 16.7. The number of carbonyl (C=O) groups is 2. The summed E-state index contributed by atoms with van der Waals surface area (Å²) in [6.45, 7) is -0.291. The van der Waals surface area contributed by atoms with Crippen molar-refractivity contribution in [2.75, 3.05) is 6.61 Å². The molecule has 0 aromatic carbocycles. The van der Waals surface area contributed by atoms with Gasteiger partial charge in [0.05, 0.1) is 0 Å². The number of carbonyl (C=O) groups excluding carboxylic acids is 2. The van der Waals surface area contributed by atoms with Crippen LogP contribution in [0.1, 0.15) is 38.5 Å². The Morgan fingerprint density at radius 2 is 1.71 bits per heavy atom. The SMILES string of the molecule is O=C(Cn1ccccc1=O)OCC(=O)C12CC3CC(CC(C3)C1)C2. The first-order chi connectivity index (χ1) is 11.5. The second-order valence-electron chi connectivity index (χ2n) is 7.95. The number of aromatic nitrogens is 1. The van der Waals surface area contributed by atoms with Crippen molar-refractivity contribution in [1.82, 2.24) is 4.57 Å². The summed E-state index contributed by atoms with van der Waals surface area (Å²) in [6.07, 6.45) is 8.33. The maximum atomic E-state index is 12.8. The van der Waals surface area contributed by atoms with E-state index in [1.807, 2.05) is 0 Å². The lowest BCUT2D eigenvalue weighted by atomic mass is 9.48. The van der Waals surface area contributed by atoms with Gasteiger partial charge in [-0.15, -0.1) is 0 Å². The summed E-state index contributed by atoms with van der Waals surface area (Å²) in [7, 11) is 0. The third-order valence-electron chi connectivity index (χ3n) is 6.19. The van der Waals surface area contributed by atoms with Crippen LogP contribution in [0.15, 0.2) is 29.2 Å². The quantitative estimate of drug-likeness (QED) is 0.777. The minimum absolute atomic E-state index is 0.0929. The van der Waals surface area contributed by atoms with Crippen LogP contribution in [0.4, 0.5) is 0 Å². The van der Waals surface area contributed by atoms with Crippen molar-refractivity contribution >= 4 is 11.8 Å². The summed E-state index contributed by atoms with van der Waals surface area (Å²) in [5, 5.41) is 0. The topological polar surface area (TPSA) is 65.4 Å². The van der Waals surface area contributed by atoms with E-state index in [9.17, 15) is 14.4 Å². The maximum Gasteiger partial charge on any atom is 0.326 e. The first-order valence-electron chi connectivity index (χ1n) is 8.88. The van der Waals surface area contributed by atoms with Gasteiger partial charge in [0, 0.05) is 17.7 Å². The lowest BCUT2D eigenvalue weighted by molar-refractivity contribution is -0.158. The molecular weight excluding hydrogens is 306 g/mol. The molecule has 5 nitrogen and oxygen atoms in total. The molecule has 0 amide bonds. The van der Waals surface area contributed by atoms with Crippen LogP contribution in [0, 0.1) is 23.2 Å². The third-order valence-corrected chi connectivity index (χ3v) is 6.19. The number of esters is 1. The number of ketones is 1. The summed E-state index contributed by atoms with van der Waals surface area (Å²) in [5.41, 5.74) is -0.486. The van der Waals surface area contributed by atoms with Gasteiger partial charge in [-0.3, -0.25) is 14.4 Å². The molecule has 24 heavy (non-hydrogen) atoms. The van der Waals surface area contributed by atoms with Crippen LogP contribution in [0.3, 0.4) is 0 Å². The minimum Gasteiger partial charge on any atom is -0.456 e. The molecule has 0 radical (unpaired) electrons. The summed E-state index contributed by atoms with van der Waals surface area (Å²) >= 11 is 0. The molecule has 0 atom stereocenters. The molecule has 0 spiro atoms. The molecule has 128 valence electrons. The average molecular weight is 329 g/mol. The van der Waals surface area contributed by atoms with Crippen molar-refractivity contribution in [3.63, 3.8) is 0 Å². The van der Waals surface area contributed by atoms with E-state index in [0.717, 1.165) is 19.3 Å². The molecule has 0 unspecified atom stereocenters. The Bertz CT molecular complexity index is 685. The van der Waals surface area contributed by atoms with Gasteiger partial charge >= 0.3 is 5.97 Å². The van der Waals surface area contributed by atoms with Gasteiger partial charge in [-0.05, 0) is 62.3 Å². The van der Waals surface area contributed by atoms with Gasteiger partial charge in [0.1, 0.15) is 6.54 Å². The van der Waals surface area contributed by atoms with E-state index >= 15 is 0 Å². The molecule has 4 aliphatic carbocycles. The number of Topliss-reactive ketones (excluding diaryl/α,β-unsaturated/α-hetero) is 1. The van der Waals surface area contributed by atoms with Crippen molar-refractivity contribution in [3.05, 3.63) is 34.7 Å². The minimum atomic E-state index is -0.527. The number of hydrogen-bond acceptors (Lipinski definition) is 4.